The van der Waals surface area contributed by atoms with Gasteiger partial charge in [-0.25, -0.2) is 4.98 Å². The van der Waals surface area contributed by atoms with Gasteiger partial charge in [-0.3, -0.25) is 9.59 Å². The van der Waals surface area contributed by atoms with Gasteiger partial charge in [-0.2, -0.15) is 0 Å². The molecule has 1 atom stereocenters. The standard InChI is InChI=1S/C19H22ClN3O3S/c1-11(24)21-14-6-7-26-16-5-4-12(8-13(14)16)15-9-27-18(22-15)23-17(25)19(2,3)10-20/h4-5,8-9,14H,6-7,10H2,1-3H3,(H,21,24)(H,22,23,25). The van der Waals surface area contributed by atoms with E-state index in [1.807, 2.05) is 23.6 Å². The molecule has 1 aliphatic rings. The van der Waals surface area contributed by atoms with E-state index in [0.29, 0.717) is 11.7 Å². The number of thiazole rings is 1. The summed E-state index contributed by atoms with van der Waals surface area (Å²) in [4.78, 5) is 28.3. The molecule has 27 heavy (non-hydrogen) atoms. The molecule has 0 saturated carbocycles. The molecule has 1 aromatic carbocycles. The van der Waals surface area contributed by atoms with Gasteiger partial charge in [0.2, 0.25) is 11.8 Å². The van der Waals surface area contributed by atoms with Crippen molar-refractivity contribution in [3.63, 3.8) is 0 Å². The third-order valence-electron chi connectivity index (χ3n) is 4.40. The van der Waals surface area contributed by atoms with Gasteiger partial charge < -0.3 is 15.4 Å². The number of hydrogen-bond donors (Lipinski definition) is 2. The largest absolute Gasteiger partial charge is 0.493 e. The molecule has 0 saturated heterocycles. The SMILES string of the molecule is CC(=O)NC1CCOc2ccc(-c3csc(NC(=O)C(C)(C)CCl)n3)cc21. The molecule has 0 spiro atoms. The maximum Gasteiger partial charge on any atom is 0.233 e. The van der Waals surface area contributed by atoms with Crippen LogP contribution in [0.2, 0.25) is 0 Å². The average Bonchev–Trinajstić information content (AvgIpc) is 3.09. The van der Waals surface area contributed by atoms with E-state index in [-0.39, 0.29) is 23.7 Å². The fourth-order valence-corrected chi connectivity index (χ4v) is 3.58. The Hall–Kier alpha value is -2.12. The van der Waals surface area contributed by atoms with Crippen LogP contribution in [0.3, 0.4) is 0 Å². The number of aromatic nitrogens is 1. The predicted molar refractivity (Wildman–Crippen MR) is 107 cm³/mol. The lowest BCUT2D eigenvalue weighted by molar-refractivity contribution is -0.123. The Morgan fingerprint density at radius 1 is 1.41 bits per heavy atom. The van der Waals surface area contributed by atoms with Crippen LogP contribution < -0.4 is 15.4 Å². The van der Waals surface area contributed by atoms with Gasteiger partial charge in [-0.1, -0.05) is 0 Å². The van der Waals surface area contributed by atoms with E-state index in [9.17, 15) is 9.59 Å². The van der Waals surface area contributed by atoms with E-state index >= 15 is 0 Å². The topological polar surface area (TPSA) is 80.3 Å². The molecule has 6 nitrogen and oxygen atoms in total. The van der Waals surface area contributed by atoms with Crippen LogP contribution >= 0.6 is 22.9 Å². The summed E-state index contributed by atoms with van der Waals surface area (Å²) in [6, 6.07) is 5.73. The third kappa shape index (κ3) is 4.42. The summed E-state index contributed by atoms with van der Waals surface area (Å²) >= 11 is 7.21. The number of carbonyl (C=O) groups excluding carboxylic acids is 2. The van der Waals surface area contributed by atoms with Gasteiger partial charge in [0, 0.05) is 35.7 Å². The summed E-state index contributed by atoms with van der Waals surface area (Å²) in [5, 5.41) is 8.21. The highest BCUT2D eigenvalue weighted by Gasteiger charge is 2.27. The number of carbonyl (C=O) groups is 2. The van der Waals surface area contributed by atoms with Crippen LogP contribution in [-0.2, 0) is 9.59 Å². The molecule has 144 valence electrons. The van der Waals surface area contributed by atoms with Gasteiger partial charge in [-0.05, 0) is 32.0 Å². The van der Waals surface area contributed by atoms with Crippen molar-refractivity contribution in [2.45, 2.75) is 33.2 Å². The molecule has 1 aromatic heterocycles. The van der Waals surface area contributed by atoms with Gasteiger partial charge in [0.1, 0.15) is 5.75 Å². The summed E-state index contributed by atoms with van der Waals surface area (Å²) in [6.07, 6.45) is 0.724. The van der Waals surface area contributed by atoms with Crippen LogP contribution in [0.1, 0.15) is 38.8 Å². The Morgan fingerprint density at radius 2 is 2.19 bits per heavy atom. The minimum absolute atomic E-state index is 0.0705. The molecule has 2 N–H and O–H groups in total. The minimum atomic E-state index is -0.665. The number of benzene rings is 1. The van der Waals surface area contributed by atoms with Crippen molar-refractivity contribution in [2.24, 2.45) is 5.41 Å². The van der Waals surface area contributed by atoms with E-state index < -0.39 is 5.41 Å². The molecule has 2 heterocycles. The zero-order valence-electron chi connectivity index (χ0n) is 15.5. The van der Waals surface area contributed by atoms with Crippen LogP contribution in [-0.4, -0.2) is 29.3 Å². The normalized spacial score (nSPS) is 16.2. The first-order valence-electron chi connectivity index (χ1n) is 8.67. The Labute approximate surface area is 167 Å². The Bertz CT molecular complexity index is 866. The van der Waals surface area contributed by atoms with E-state index in [0.717, 1.165) is 29.0 Å². The minimum Gasteiger partial charge on any atom is -0.493 e. The monoisotopic (exact) mass is 407 g/mol. The molecule has 1 aliphatic heterocycles. The Morgan fingerprint density at radius 3 is 2.89 bits per heavy atom. The van der Waals surface area contributed by atoms with Crippen molar-refractivity contribution in [1.29, 1.82) is 0 Å². The number of nitrogens with zero attached hydrogens (tertiary/aromatic N) is 1. The summed E-state index contributed by atoms with van der Waals surface area (Å²) < 4.78 is 5.70. The second-order valence-electron chi connectivity index (χ2n) is 7.15. The fraction of sp³-hybridized carbons (Fsp3) is 0.421. The number of hydrogen-bond acceptors (Lipinski definition) is 5. The van der Waals surface area contributed by atoms with Crippen molar-refractivity contribution in [3.05, 3.63) is 29.1 Å². The van der Waals surface area contributed by atoms with Crippen molar-refractivity contribution in [1.82, 2.24) is 10.3 Å². The number of amides is 2. The van der Waals surface area contributed by atoms with E-state index in [1.54, 1.807) is 13.8 Å². The van der Waals surface area contributed by atoms with Crippen LogP contribution in [0.25, 0.3) is 11.3 Å². The van der Waals surface area contributed by atoms with E-state index in [1.165, 1.54) is 18.3 Å². The lowest BCUT2D eigenvalue weighted by Crippen LogP contribution is -2.32. The highest BCUT2D eigenvalue weighted by molar-refractivity contribution is 7.14. The molecule has 0 aliphatic carbocycles. The lowest BCUT2D eigenvalue weighted by Gasteiger charge is -2.26. The molecule has 2 amide bonds. The number of ether oxygens (including phenoxy) is 1. The Kier molecular flexibility index (Phi) is 5.72. The number of fused-ring (bicyclic) bond motifs is 1. The number of rotatable bonds is 5. The molecule has 3 rings (SSSR count). The molecule has 2 aromatic rings. The Balaban J connectivity index is 1.83. The zero-order chi connectivity index (χ0) is 19.6. The third-order valence-corrected chi connectivity index (χ3v) is 5.82. The predicted octanol–water partition coefficient (Wildman–Crippen LogP) is 3.97. The number of halogens is 1. The average molecular weight is 408 g/mol. The van der Waals surface area contributed by atoms with E-state index in [4.69, 9.17) is 16.3 Å². The van der Waals surface area contributed by atoms with Gasteiger partial charge in [0.25, 0.3) is 0 Å². The number of anilines is 1. The molecular weight excluding hydrogens is 386 g/mol. The smallest absolute Gasteiger partial charge is 0.233 e. The van der Waals surface area contributed by atoms with Crippen LogP contribution in [0.15, 0.2) is 23.6 Å². The summed E-state index contributed by atoms with van der Waals surface area (Å²) in [6.45, 7) is 5.65. The highest BCUT2D eigenvalue weighted by atomic mass is 35.5. The summed E-state index contributed by atoms with van der Waals surface area (Å²) in [7, 11) is 0. The van der Waals surface area contributed by atoms with Crippen molar-refractivity contribution in [2.75, 3.05) is 17.8 Å². The van der Waals surface area contributed by atoms with Crippen molar-refractivity contribution < 1.29 is 14.3 Å². The second kappa shape index (κ2) is 7.86. The highest BCUT2D eigenvalue weighted by Crippen LogP contribution is 2.36. The maximum atomic E-state index is 12.3. The van der Waals surface area contributed by atoms with Gasteiger partial charge in [-0.15, -0.1) is 22.9 Å². The van der Waals surface area contributed by atoms with Crippen molar-refractivity contribution >= 4 is 39.9 Å². The molecule has 0 radical (unpaired) electrons. The summed E-state index contributed by atoms with van der Waals surface area (Å²) in [5.74, 6) is 0.769. The molecule has 8 heteroatoms. The van der Waals surface area contributed by atoms with Crippen molar-refractivity contribution in [3.8, 4) is 17.0 Å². The fourth-order valence-electron chi connectivity index (χ4n) is 2.74. The van der Waals surface area contributed by atoms with Crippen LogP contribution in [0, 0.1) is 5.41 Å². The maximum absolute atomic E-state index is 12.3. The van der Waals surface area contributed by atoms with Crippen LogP contribution in [0.4, 0.5) is 5.13 Å². The number of alkyl halides is 1. The first-order valence-corrected chi connectivity index (χ1v) is 10.1. The van der Waals surface area contributed by atoms with Crippen LogP contribution in [0.5, 0.6) is 5.75 Å². The van der Waals surface area contributed by atoms with Gasteiger partial charge in [0.05, 0.1) is 23.8 Å². The molecule has 0 bridgehead atoms. The van der Waals surface area contributed by atoms with Gasteiger partial charge in [0.15, 0.2) is 5.13 Å². The van der Waals surface area contributed by atoms with E-state index in [2.05, 4.69) is 15.6 Å². The lowest BCUT2D eigenvalue weighted by atomic mass is 9.95. The molecule has 1 unspecified atom stereocenters. The second-order valence-corrected chi connectivity index (χ2v) is 8.28. The zero-order valence-corrected chi connectivity index (χ0v) is 17.0. The summed E-state index contributed by atoms with van der Waals surface area (Å²) in [5.41, 5.74) is 1.94. The first kappa shape index (κ1) is 19.6. The molecule has 0 fully saturated rings. The quantitative estimate of drug-likeness (QED) is 0.735. The van der Waals surface area contributed by atoms with Gasteiger partial charge >= 0.3 is 0 Å². The first-order chi connectivity index (χ1) is 12.8. The number of nitrogens with one attached hydrogen (secondary N) is 2. The molecular formula is C19H22ClN3O3S.